The third-order valence-corrected chi connectivity index (χ3v) is 3.14. The van der Waals surface area contributed by atoms with Gasteiger partial charge in [-0.2, -0.15) is 0 Å². The number of aliphatic hydroxyl groups excluding tert-OH is 1. The minimum atomic E-state index is -0.185. The molecule has 0 bridgehead atoms. The Kier molecular flexibility index (Phi) is 10.3. The molecule has 3 heteroatoms. The first kappa shape index (κ1) is 11.1. The lowest BCUT2D eigenvalue weighted by Gasteiger charge is -1.99. The van der Waals surface area contributed by atoms with Gasteiger partial charge in [0.25, 0.3) is 0 Å². The van der Waals surface area contributed by atoms with Crippen LogP contribution in [0.15, 0.2) is 0 Å². The predicted molar refractivity (Wildman–Crippen MR) is 50.5 cm³/mol. The van der Waals surface area contributed by atoms with Gasteiger partial charge in [0.05, 0.1) is 0 Å². The van der Waals surface area contributed by atoms with E-state index in [2.05, 4.69) is 6.92 Å². The van der Waals surface area contributed by atoms with Gasteiger partial charge in [0, 0.05) is 13.2 Å². The van der Waals surface area contributed by atoms with E-state index in [9.17, 15) is 0 Å². The second kappa shape index (κ2) is 10.1. The van der Waals surface area contributed by atoms with Crippen LogP contribution >= 0.6 is 0 Å². The van der Waals surface area contributed by atoms with Crippen molar-refractivity contribution < 1.29 is 9.53 Å². The fourth-order valence-electron chi connectivity index (χ4n) is 0.991. The van der Waals surface area contributed by atoms with Crippen LogP contribution in [0.2, 0.25) is 6.04 Å². The molecule has 0 aliphatic rings. The second-order valence-electron chi connectivity index (χ2n) is 2.69. The van der Waals surface area contributed by atoms with Crippen LogP contribution in [0.5, 0.6) is 0 Å². The molecule has 0 atom stereocenters. The Morgan fingerprint density at radius 3 is 2.55 bits per heavy atom. The molecule has 0 heterocycles. The Morgan fingerprint density at radius 1 is 1.18 bits per heavy atom. The van der Waals surface area contributed by atoms with Crippen molar-refractivity contribution in [1.82, 2.24) is 0 Å². The molecule has 0 amide bonds. The molecule has 0 aliphatic heterocycles. The first-order valence-corrected chi connectivity index (χ1v) is 6.18. The van der Waals surface area contributed by atoms with E-state index in [4.69, 9.17) is 9.53 Å². The fourth-order valence-corrected chi connectivity index (χ4v) is 2.04. The van der Waals surface area contributed by atoms with Crippen LogP contribution in [0.1, 0.15) is 32.6 Å². The van der Waals surface area contributed by atoms with Gasteiger partial charge in [-0.25, -0.2) is 0 Å². The van der Waals surface area contributed by atoms with E-state index in [1.165, 1.54) is 25.3 Å². The average molecular weight is 176 g/mol. The molecule has 2 nitrogen and oxygen atoms in total. The smallest absolute Gasteiger partial charge is 0.161 e. The van der Waals surface area contributed by atoms with Crippen LogP contribution in [-0.2, 0) is 4.43 Å². The maximum absolute atomic E-state index is 8.49. The van der Waals surface area contributed by atoms with Gasteiger partial charge in [-0.15, -0.1) is 0 Å². The number of aliphatic hydroxyl groups is 1. The summed E-state index contributed by atoms with van der Waals surface area (Å²) in [6.45, 7) is 3.30. The molecule has 68 valence electrons. The van der Waals surface area contributed by atoms with E-state index in [0.29, 0.717) is 6.61 Å². The first-order chi connectivity index (χ1) is 5.41. The molecule has 0 radical (unpaired) electrons. The zero-order chi connectivity index (χ0) is 8.36. The van der Waals surface area contributed by atoms with Crippen LogP contribution in [0, 0.1) is 0 Å². The standard InChI is InChI=1S/C8H20O2Si/c1-2-10-11-8-6-4-3-5-7-9/h9H,2-8,11H2,1H3. The summed E-state index contributed by atoms with van der Waals surface area (Å²) in [4.78, 5) is 0. The van der Waals surface area contributed by atoms with Gasteiger partial charge in [-0.05, 0) is 19.4 Å². The molecule has 0 spiro atoms. The van der Waals surface area contributed by atoms with Crippen molar-refractivity contribution in [3.63, 3.8) is 0 Å². The van der Waals surface area contributed by atoms with E-state index < -0.39 is 0 Å². The van der Waals surface area contributed by atoms with E-state index in [0.717, 1.165) is 13.0 Å². The van der Waals surface area contributed by atoms with E-state index >= 15 is 0 Å². The Bertz CT molecular complexity index is 61.1. The zero-order valence-electron chi connectivity index (χ0n) is 7.51. The molecular weight excluding hydrogens is 156 g/mol. The van der Waals surface area contributed by atoms with Gasteiger partial charge in [0.15, 0.2) is 9.76 Å². The zero-order valence-corrected chi connectivity index (χ0v) is 8.93. The number of hydrogen-bond donors (Lipinski definition) is 1. The Balaban J connectivity index is 2.69. The van der Waals surface area contributed by atoms with Gasteiger partial charge >= 0.3 is 0 Å². The molecular formula is C8H20O2Si. The van der Waals surface area contributed by atoms with Gasteiger partial charge < -0.3 is 9.53 Å². The first-order valence-electron chi connectivity index (χ1n) is 4.60. The van der Waals surface area contributed by atoms with Crippen molar-refractivity contribution in [2.45, 2.75) is 38.7 Å². The van der Waals surface area contributed by atoms with Crippen molar-refractivity contribution in [3.8, 4) is 0 Å². The van der Waals surface area contributed by atoms with Gasteiger partial charge in [-0.3, -0.25) is 0 Å². The summed E-state index contributed by atoms with van der Waals surface area (Å²) >= 11 is 0. The highest BCUT2D eigenvalue weighted by Crippen LogP contribution is 2.02. The van der Waals surface area contributed by atoms with Crippen molar-refractivity contribution in [3.05, 3.63) is 0 Å². The minimum absolute atomic E-state index is 0.185. The molecule has 0 saturated heterocycles. The van der Waals surface area contributed by atoms with E-state index in [1.807, 2.05) is 0 Å². The summed E-state index contributed by atoms with van der Waals surface area (Å²) in [6, 6.07) is 1.30. The summed E-state index contributed by atoms with van der Waals surface area (Å²) in [5.41, 5.74) is 0. The Labute approximate surface area is 71.9 Å². The van der Waals surface area contributed by atoms with Crippen LogP contribution in [0.25, 0.3) is 0 Å². The highest BCUT2D eigenvalue weighted by molar-refractivity contribution is 6.26. The highest BCUT2D eigenvalue weighted by Gasteiger charge is 1.90. The third kappa shape index (κ3) is 10.1. The van der Waals surface area contributed by atoms with Gasteiger partial charge in [0.1, 0.15) is 0 Å². The molecule has 1 N–H and O–H groups in total. The highest BCUT2D eigenvalue weighted by atomic mass is 28.2. The predicted octanol–water partition coefficient (Wildman–Crippen LogP) is 1.08. The maximum Gasteiger partial charge on any atom is 0.161 e. The van der Waals surface area contributed by atoms with Crippen molar-refractivity contribution in [2.24, 2.45) is 0 Å². The lowest BCUT2D eigenvalue weighted by Crippen LogP contribution is -1.96. The summed E-state index contributed by atoms with van der Waals surface area (Å²) in [5, 5.41) is 8.49. The van der Waals surface area contributed by atoms with Gasteiger partial charge in [0.2, 0.25) is 0 Å². The maximum atomic E-state index is 8.49. The second-order valence-corrected chi connectivity index (χ2v) is 4.21. The number of rotatable bonds is 8. The number of hydrogen-bond acceptors (Lipinski definition) is 2. The molecule has 0 aromatic heterocycles. The normalized spacial score (nSPS) is 11.5. The van der Waals surface area contributed by atoms with Crippen LogP contribution in [0.4, 0.5) is 0 Å². The quantitative estimate of drug-likeness (QED) is 0.443. The van der Waals surface area contributed by atoms with Gasteiger partial charge in [-0.1, -0.05) is 19.3 Å². The lowest BCUT2D eigenvalue weighted by molar-refractivity contribution is 0.283. The molecule has 0 rings (SSSR count). The summed E-state index contributed by atoms with van der Waals surface area (Å²) < 4.78 is 5.33. The summed E-state index contributed by atoms with van der Waals surface area (Å²) in [5.74, 6) is 0. The summed E-state index contributed by atoms with van der Waals surface area (Å²) in [7, 11) is -0.185. The van der Waals surface area contributed by atoms with Crippen LogP contribution < -0.4 is 0 Å². The molecule has 0 aromatic carbocycles. The molecule has 0 aromatic rings. The van der Waals surface area contributed by atoms with Crippen molar-refractivity contribution >= 4 is 9.76 Å². The molecule has 0 fully saturated rings. The van der Waals surface area contributed by atoms with Crippen molar-refractivity contribution in [1.29, 1.82) is 0 Å². The SMILES string of the molecule is CCO[SiH2]CCCCCCO. The molecule has 0 aliphatic carbocycles. The average Bonchev–Trinajstić information content (AvgIpc) is 2.03. The van der Waals surface area contributed by atoms with Crippen LogP contribution in [-0.4, -0.2) is 28.1 Å². The molecule has 0 unspecified atom stereocenters. The van der Waals surface area contributed by atoms with E-state index in [1.54, 1.807) is 0 Å². The molecule has 0 saturated carbocycles. The van der Waals surface area contributed by atoms with Crippen LogP contribution in [0.3, 0.4) is 0 Å². The van der Waals surface area contributed by atoms with E-state index in [-0.39, 0.29) is 9.76 Å². The monoisotopic (exact) mass is 176 g/mol. The Hall–Kier alpha value is 0.137. The summed E-state index contributed by atoms with van der Waals surface area (Å²) in [6.07, 6.45) is 4.71. The lowest BCUT2D eigenvalue weighted by atomic mass is 10.2. The largest absolute Gasteiger partial charge is 0.424 e. The Morgan fingerprint density at radius 2 is 1.91 bits per heavy atom. The number of unbranched alkanes of at least 4 members (excludes halogenated alkanes) is 3. The fraction of sp³-hybridized carbons (Fsp3) is 1.00. The third-order valence-electron chi connectivity index (χ3n) is 1.65. The topological polar surface area (TPSA) is 29.5 Å². The molecule has 11 heavy (non-hydrogen) atoms. The van der Waals surface area contributed by atoms with Crippen molar-refractivity contribution in [2.75, 3.05) is 13.2 Å². The minimum Gasteiger partial charge on any atom is -0.424 e.